The first-order valence-electron chi connectivity index (χ1n) is 12.5. The van der Waals surface area contributed by atoms with E-state index >= 15 is 0 Å². The number of carbonyl (C=O) groups excluding carboxylic acids is 2. The summed E-state index contributed by atoms with van der Waals surface area (Å²) in [6.07, 6.45) is 6.79. The Bertz CT molecular complexity index is 1030. The van der Waals surface area contributed by atoms with Crippen molar-refractivity contribution in [2.24, 2.45) is 5.41 Å². The Hall–Kier alpha value is -2.82. The Morgan fingerprint density at radius 2 is 1.58 bits per heavy atom. The molecule has 3 fully saturated rings. The fourth-order valence-corrected chi connectivity index (χ4v) is 6.04. The van der Waals surface area contributed by atoms with Crippen LogP contribution in [0.4, 0.5) is 11.4 Å². The molecule has 0 aromatic heterocycles. The van der Waals surface area contributed by atoms with Gasteiger partial charge in [0.1, 0.15) is 0 Å². The maximum absolute atomic E-state index is 13.1. The second-order valence-electron chi connectivity index (χ2n) is 10.3. The fraction of sp³-hybridized carbons (Fsp3) is 0.500. The Kier molecular flexibility index (Phi) is 5.90. The number of aryl methyl sites for hydroxylation is 2. The second kappa shape index (κ2) is 8.85. The van der Waals surface area contributed by atoms with E-state index in [-0.39, 0.29) is 17.2 Å². The minimum absolute atomic E-state index is 0.0818. The zero-order valence-corrected chi connectivity index (χ0v) is 20.0. The average Bonchev–Trinajstić information content (AvgIpc) is 3.14. The molecule has 3 aliphatic rings. The zero-order chi connectivity index (χ0) is 23.0. The molecule has 0 bridgehead atoms. The van der Waals surface area contributed by atoms with E-state index in [4.69, 9.17) is 0 Å². The minimum atomic E-state index is 0.0818. The predicted molar refractivity (Wildman–Crippen MR) is 133 cm³/mol. The van der Waals surface area contributed by atoms with Crippen LogP contribution in [0.5, 0.6) is 0 Å². The molecule has 2 heterocycles. The first kappa shape index (κ1) is 22.0. The summed E-state index contributed by atoms with van der Waals surface area (Å²) in [6, 6.07) is 14.3. The van der Waals surface area contributed by atoms with E-state index in [1.54, 1.807) is 0 Å². The number of piperazine rings is 1. The number of hydrogen-bond acceptors (Lipinski definition) is 3. The molecular weight excluding hydrogens is 410 g/mol. The van der Waals surface area contributed by atoms with Crippen molar-refractivity contribution in [1.29, 1.82) is 0 Å². The third-order valence-electron chi connectivity index (χ3n) is 7.92. The largest absolute Gasteiger partial charge is 0.368 e. The lowest BCUT2D eigenvalue weighted by Crippen LogP contribution is -2.49. The number of hydrogen-bond donors (Lipinski definition) is 0. The van der Waals surface area contributed by atoms with E-state index in [0.29, 0.717) is 12.0 Å². The fourth-order valence-electron chi connectivity index (χ4n) is 6.04. The Balaban J connectivity index is 1.21. The van der Waals surface area contributed by atoms with Crippen molar-refractivity contribution < 1.29 is 9.59 Å². The van der Waals surface area contributed by atoms with Gasteiger partial charge < -0.3 is 14.7 Å². The molecule has 5 nitrogen and oxygen atoms in total. The van der Waals surface area contributed by atoms with Crippen molar-refractivity contribution in [2.45, 2.75) is 52.4 Å². The van der Waals surface area contributed by atoms with Crippen molar-refractivity contribution in [1.82, 2.24) is 4.90 Å². The SMILES string of the molecule is Cc1ccc(N2CCN(C(=O)c3ccc(N4CC5(CCCCC5)CC4=O)cc3)CC2)c(C)c1. The number of rotatable bonds is 3. The minimum Gasteiger partial charge on any atom is -0.368 e. The average molecular weight is 446 g/mol. The summed E-state index contributed by atoms with van der Waals surface area (Å²) < 4.78 is 0. The van der Waals surface area contributed by atoms with Gasteiger partial charge in [0.05, 0.1) is 0 Å². The van der Waals surface area contributed by atoms with Crippen LogP contribution in [-0.4, -0.2) is 49.4 Å². The van der Waals surface area contributed by atoms with Gasteiger partial charge in [-0.2, -0.15) is 0 Å². The van der Waals surface area contributed by atoms with Crippen molar-refractivity contribution >= 4 is 23.2 Å². The topological polar surface area (TPSA) is 43.9 Å². The number of benzene rings is 2. The first-order chi connectivity index (χ1) is 15.9. The van der Waals surface area contributed by atoms with Crippen LogP contribution >= 0.6 is 0 Å². The molecule has 2 saturated heterocycles. The van der Waals surface area contributed by atoms with Crippen LogP contribution in [0.25, 0.3) is 0 Å². The van der Waals surface area contributed by atoms with E-state index in [2.05, 4.69) is 36.9 Å². The smallest absolute Gasteiger partial charge is 0.253 e. The Morgan fingerprint density at radius 3 is 2.24 bits per heavy atom. The molecule has 2 aliphatic heterocycles. The van der Waals surface area contributed by atoms with Gasteiger partial charge in [-0.25, -0.2) is 0 Å². The molecule has 0 radical (unpaired) electrons. The molecule has 5 rings (SSSR count). The first-order valence-corrected chi connectivity index (χ1v) is 12.5. The molecule has 2 aromatic rings. The monoisotopic (exact) mass is 445 g/mol. The van der Waals surface area contributed by atoms with Crippen molar-refractivity contribution in [2.75, 3.05) is 42.5 Å². The molecule has 1 aliphatic carbocycles. The van der Waals surface area contributed by atoms with E-state index in [1.807, 2.05) is 34.1 Å². The quantitative estimate of drug-likeness (QED) is 0.671. The van der Waals surface area contributed by atoms with E-state index in [1.165, 1.54) is 48.9 Å². The van der Waals surface area contributed by atoms with Crippen LogP contribution in [0.15, 0.2) is 42.5 Å². The number of carbonyl (C=O) groups is 2. The van der Waals surface area contributed by atoms with Gasteiger partial charge in [-0.3, -0.25) is 9.59 Å². The van der Waals surface area contributed by atoms with Gasteiger partial charge in [-0.15, -0.1) is 0 Å². The summed E-state index contributed by atoms with van der Waals surface area (Å²) in [4.78, 5) is 32.1. The maximum atomic E-state index is 13.1. The molecular formula is C28H35N3O2. The molecule has 2 aromatic carbocycles. The molecule has 0 N–H and O–H groups in total. The number of anilines is 2. The van der Waals surface area contributed by atoms with E-state index in [0.717, 1.165) is 38.4 Å². The lowest BCUT2D eigenvalue weighted by molar-refractivity contribution is -0.118. The molecule has 0 atom stereocenters. The Labute approximate surface area is 197 Å². The van der Waals surface area contributed by atoms with Crippen LogP contribution in [0, 0.1) is 19.3 Å². The summed E-state index contributed by atoms with van der Waals surface area (Å²) in [5, 5.41) is 0. The van der Waals surface area contributed by atoms with Crippen LogP contribution in [0.1, 0.15) is 60.0 Å². The maximum Gasteiger partial charge on any atom is 0.253 e. The third-order valence-corrected chi connectivity index (χ3v) is 7.92. The summed E-state index contributed by atoms with van der Waals surface area (Å²) >= 11 is 0. The van der Waals surface area contributed by atoms with Crippen LogP contribution in [0.3, 0.4) is 0 Å². The number of amides is 2. The lowest BCUT2D eigenvalue weighted by Gasteiger charge is -2.37. The molecule has 5 heteroatoms. The van der Waals surface area contributed by atoms with Crippen molar-refractivity contribution in [3.63, 3.8) is 0 Å². The predicted octanol–water partition coefficient (Wildman–Crippen LogP) is 4.95. The zero-order valence-electron chi connectivity index (χ0n) is 20.0. The highest BCUT2D eigenvalue weighted by Crippen LogP contribution is 2.45. The van der Waals surface area contributed by atoms with Crippen molar-refractivity contribution in [3.05, 3.63) is 59.2 Å². The summed E-state index contributed by atoms with van der Waals surface area (Å²) in [6.45, 7) is 8.24. The normalized spacial score (nSPS) is 20.5. The van der Waals surface area contributed by atoms with Gasteiger partial charge in [-0.05, 0) is 68.0 Å². The molecule has 0 unspecified atom stereocenters. The number of nitrogens with zero attached hydrogens (tertiary/aromatic N) is 3. The molecule has 1 saturated carbocycles. The lowest BCUT2D eigenvalue weighted by atomic mass is 9.73. The van der Waals surface area contributed by atoms with Crippen molar-refractivity contribution in [3.8, 4) is 0 Å². The highest BCUT2D eigenvalue weighted by Gasteiger charge is 2.43. The van der Waals surface area contributed by atoms with Gasteiger partial charge in [0.2, 0.25) is 5.91 Å². The van der Waals surface area contributed by atoms with Gasteiger partial charge in [0.15, 0.2) is 0 Å². The molecule has 33 heavy (non-hydrogen) atoms. The summed E-state index contributed by atoms with van der Waals surface area (Å²) in [7, 11) is 0. The van der Waals surface area contributed by atoms with Gasteiger partial charge >= 0.3 is 0 Å². The molecule has 1 spiro atoms. The molecule has 174 valence electrons. The highest BCUT2D eigenvalue weighted by molar-refractivity contribution is 5.98. The molecule has 2 amide bonds. The van der Waals surface area contributed by atoms with E-state index < -0.39 is 0 Å². The van der Waals surface area contributed by atoms with Gasteiger partial charge in [-0.1, -0.05) is 37.0 Å². The Morgan fingerprint density at radius 1 is 0.879 bits per heavy atom. The van der Waals surface area contributed by atoms with Gasteiger partial charge in [0.25, 0.3) is 5.91 Å². The summed E-state index contributed by atoms with van der Waals surface area (Å²) in [5.41, 5.74) is 5.65. The highest BCUT2D eigenvalue weighted by atomic mass is 16.2. The van der Waals surface area contributed by atoms with E-state index in [9.17, 15) is 9.59 Å². The second-order valence-corrected chi connectivity index (χ2v) is 10.3. The van der Waals surface area contributed by atoms with Crippen LogP contribution in [0.2, 0.25) is 0 Å². The summed E-state index contributed by atoms with van der Waals surface area (Å²) in [5.74, 6) is 0.317. The van der Waals surface area contributed by atoms with Crippen LogP contribution in [-0.2, 0) is 4.79 Å². The third kappa shape index (κ3) is 4.38. The standard InChI is InChI=1S/C28H35N3O2/c1-21-6-11-25(22(2)18-21)29-14-16-30(17-15-29)27(33)23-7-9-24(10-8-23)31-20-28(19-26(31)32)12-4-3-5-13-28/h6-11,18H,3-5,12-17,19-20H2,1-2H3. The van der Waals surface area contributed by atoms with Crippen LogP contribution < -0.4 is 9.80 Å². The van der Waals surface area contributed by atoms with Gasteiger partial charge in [0, 0.05) is 56.1 Å².